The van der Waals surface area contributed by atoms with Crippen molar-refractivity contribution in [1.29, 1.82) is 0 Å². The molecule has 0 atom stereocenters. The van der Waals surface area contributed by atoms with Crippen molar-refractivity contribution in [1.82, 2.24) is 0 Å². The Hall–Kier alpha value is -1.52. The quantitative estimate of drug-likeness (QED) is 0.471. The van der Waals surface area contributed by atoms with Crippen LogP contribution in [0, 0.1) is 10.1 Å². The van der Waals surface area contributed by atoms with E-state index in [2.05, 4.69) is 0 Å². The minimum absolute atomic E-state index is 0.0991. The molecule has 0 N–H and O–H groups in total. The van der Waals surface area contributed by atoms with Crippen molar-refractivity contribution >= 4 is 29.1 Å². The van der Waals surface area contributed by atoms with Gasteiger partial charge in [-0.05, 0) is 23.8 Å². The molecule has 0 aliphatic rings. The maximum atomic E-state index is 11.0. The first kappa shape index (κ1) is 12.9. The number of nitrogens with zero attached hydrogens (tertiary/aromatic N) is 1. The number of rotatable bonds is 4. The first-order valence-electron chi connectivity index (χ1n) is 5.27. The molecule has 0 bridgehead atoms. The molecule has 0 saturated heterocycles. The third-order valence-corrected chi connectivity index (χ3v) is 3.73. The fourth-order valence-corrected chi connectivity index (χ4v) is 2.58. The van der Waals surface area contributed by atoms with E-state index in [-0.39, 0.29) is 16.5 Å². The van der Waals surface area contributed by atoms with Crippen LogP contribution in [0.5, 0.6) is 0 Å². The molecule has 0 aliphatic carbocycles. The van der Waals surface area contributed by atoms with Gasteiger partial charge in [-0.25, -0.2) is 0 Å². The smallest absolute Gasteiger partial charge is 0.258 e. The van der Waals surface area contributed by atoms with Crippen molar-refractivity contribution in [2.45, 2.75) is 15.7 Å². The molecule has 0 fully saturated rings. The van der Waals surface area contributed by atoms with E-state index in [1.807, 2.05) is 36.4 Å². The lowest BCUT2D eigenvalue weighted by molar-refractivity contribution is -0.387. The Balaban J connectivity index is 2.35. The standard InChI is InChI=1S/C13H10ClNO2S/c14-9-10-6-7-13(12(8-10)15(16)17)18-11-4-2-1-3-5-11/h1-8H,9H2. The molecule has 92 valence electrons. The maximum Gasteiger partial charge on any atom is 0.283 e. The minimum atomic E-state index is -0.374. The van der Waals surface area contributed by atoms with Crippen LogP contribution in [0.2, 0.25) is 0 Å². The van der Waals surface area contributed by atoms with Gasteiger partial charge in [0.1, 0.15) is 0 Å². The van der Waals surface area contributed by atoms with Gasteiger partial charge in [0, 0.05) is 16.8 Å². The van der Waals surface area contributed by atoms with Crippen molar-refractivity contribution in [3.8, 4) is 0 Å². The molecule has 3 nitrogen and oxygen atoms in total. The molecule has 2 aromatic rings. The second kappa shape index (κ2) is 5.89. The molecule has 2 aromatic carbocycles. The Kier molecular flexibility index (Phi) is 4.23. The van der Waals surface area contributed by atoms with E-state index < -0.39 is 0 Å². The molecule has 18 heavy (non-hydrogen) atoms. The van der Waals surface area contributed by atoms with E-state index in [9.17, 15) is 10.1 Å². The molecule has 0 saturated carbocycles. The summed E-state index contributed by atoms with van der Waals surface area (Å²) in [7, 11) is 0. The van der Waals surface area contributed by atoms with Crippen molar-refractivity contribution in [2.24, 2.45) is 0 Å². The Morgan fingerprint density at radius 1 is 1.17 bits per heavy atom. The Morgan fingerprint density at radius 2 is 1.89 bits per heavy atom. The first-order chi connectivity index (χ1) is 8.70. The van der Waals surface area contributed by atoms with Crippen LogP contribution in [-0.2, 0) is 5.88 Å². The van der Waals surface area contributed by atoms with E-state index >= 15 is 0 Å². The van der Waals surface area contributed by atoms with Gasteiger partial charge in [0.15, 0.2) is 0 Å². The average molecular weight is 280 g/mol. The van der Waals surface area contributed by atoms with E-state index in [0.29, 0.717) is 4.90 Å². The third-order valence-electron chi connectivity index (χ3n) is 2.35. The summed E-state index contributed by atoms with van der Waals surface area (Å²) < 4.78 is 0. The molecular weight excluding hydrogens is 270 g/mol. The lowest BCUT2D eigenvalue weighted by Gasteiger charge is -2.04. The van der Waals surface area contributed by atoms with Crippen LogP contribution in [0.1, 0.15) is 5.56 Å². The molecule has 2 rings (SSSR count). The Morgan fingerprint density at radius 3 is 2.50 bits per heavy atom. The van der Waals surface area contributed by atoms with Crippen LogP contribution >= 0.6 is 23.4 Å². The zero-order valence-corrected chi connectivity index (χ0v) is 10.9. The van der Waals surface area contributed by atoms with E-state index in [0.717, 1.165) is 10.5 Å². The SMILES string of the molecule is O=[N+]([O-])c1cc(CCl)ccc1Sc1ccccc1. The lowest BCUT2D eigenvalue weighted by atomic mass is 10.2. The van der Waals surface area contributed by atoms with Crippen LogP contribution in [0.4, 0.5) is 5.69 Å². The van der Waals surface area contributed by atoms with Gasteiger partial charge >= 0.3 is 0 Å². The zero-order chi connectivity index (χ0) is 13.0. The maximum absolute atomic E-state index is 11.0. The molecule has 0 heterocycles. The number of nitro benzene ring substituents is 1. The highest BCUT2D eigenvalue weighted by molar-refractivity contribution is 7.99. The lowest BCUT2D eigenvalue weighted by Crippen LogP contribution is -1.92. The van der Waals surface area contributed by atoms with Crippen molar-refractivity contribution in [3.63, 3.8) is 0 Å². The Labute approximate surface area is 114 Å². The van der Waals surface area contributed by atoms with Gasteiger partial charge in [0.25, 0.3) is 5.69 Å². The molecular formula is C13H10ClNO2S. The highest BCUT2D eigenvalue weighted by Gasteiger charge is 2.15. The summed E-state index contributed by atoms with van der Waals surface area (Å²) >= 11 is 7.06. The van der Waals surface area contributed by atoms with Crippen molar-refractivity contribution in [3.05, 3.63) is 64.2 Å². The molecule has 0 amide bonds. The second-order valence-corrected chi connectivity index (χ2v) is 4.99. The fourth-order valence-electron chi connectivity index (χ4n) is 1.49. The van der Waals surface area contributed by atoms with Crippen molar-refractivity contribution < 1.29 is 4.92 Å². The first-order valence-corrected chi connectivity index (χ1v) is 6.62. The monoisotopic (exact) mass is 279 g/mol. The molecule has 0 aliphatic heterocycles. The predicted octanol–water partition coefficient (Wildman–Crippen LogP) is 4.48. The highest BCUT2D eigenvalue weighted by Crippen LogP contribution is 2.35. The van der Waals surface area contributed by atoms with Crippen LogP contribution in [0.3, 0.4) is 0 Å². The Bertz CT molecular complexity index is 560. The molecule has 0 aromatic heterocycles. The van der Waals surface area contributed by atoms with Gasteiger partial charge in [0.2, 0.25) is 0 Å². The highest BCUT2D eigenvalue weighted by atomic mass is 35.5. The summed E-state index contributed by atoms with van der Waals surface area (Å²) in [5, 5.41) is 11.0. The van der Waals surface area contributed by atoms with Crippen LogP contribution in [-0.4, -0.2) is 4.92 Å². The third kappa shape index (κ3) is 3.03. The van der Waals surface area contributed by atoms with E-state index in [1.54, 1.807) is 6.07 Å². The van der Waals surface area contributed by atoms with E-state index in [4.69, 9.17) is 11.6 Å². The largest absolute Gasteiger partial charge is 0.283 e. The molecule has 0 unspecified atom stereocenters. The summed E-state index contributed by atoms with van der Waals surface area (Å²) in [4.78, 5) is 12.3. The molecule has 0 spiro atoms. The number of alkyl halides is 1. The van der Waals surface area contributed by atoms with Gasteiger partial charge in [0.05, 0.1) is 9.82 Å². The molecule has 0 radical (unpaired) electrons. The average Bonchev–Trinajstić information content (AvgIpc) is 2.40. The van der Waals surface area contributed by atoms with Crippen LogP contribution in [0.15, 0.2) is 58.3 Å². The summed E-state index contributed by atoms with van der Waals surface area (Å²) in [6, 6.07) is 14.6. The topological polar surface area (TPSA) is 43.1 Å². The van der Waals surface area contributed by atoms with Crippen LogP contribution in [0.25, 0.3) is 0 Å². The number of nitro groups is 1. The summed E-state index contributed by atoms with van der Waals surface area (Å²) in [6.07, 6.45) is 0. The fraction of sp³-hybridized carbons (Fsp3) is 0.0769. The number of hydrogen-bond acceptors (Lipinski definition) is 3. The van der Waals surface area contributed by atoms with Gasteiger partial charge < -0.3 is 0 Å². The normalized spacial score (nSPS) is 10.3. The minimum Gasteiger partial charge on any atom is -0.258 e. The van der Waals surface area contributed by atoms with Crippen molar-refractivity contribution in [2.75, 3.05) is 0 Å². The van der Waals surface area contributed by atoms with Gasteiger partial charge in [-0.15, -0.1) is 11.6 Å². The number of halogens is 1. The summed E-state index contributed by atoms with van der Waals surface area (Å²) in [6.45, 7) is 0. The summed E-state index contributed by atoms with van der Waals surface area (Å²) in [5.41, 5.74) is 0.850. The number of benzene rings is 2. The summed E-state index contributed by atoms with van der Waals surface area (Å²) in [5.74, 6) is 0.275. The van der Waals surface area contributed by atoms with E-state index in [1.165, 1.54) is 17.8 Å². The zero-order valence-electron chi connectivity index (χ0n) is 9.38. The van der Waals surface area contributed by atoms with Gasteiger partial charge in [-0.3, -0.25) is 10.1 Å². The van der Waals surface area contributed by atoms with Gasteiger partial charge in [-0.1, -0.05) is 36.0 Å². The number of hydrogen-bond donors (Lipinski definition) is 0. The second-order valence-electron chi connectivity index (χ2n) is 3.61. The molecule has 5 heteroatoms. The van der Waals surface area contributed by atoms with Crippen LogP contribution < -0.4 is 0 Å². The van der Waals surface area contributed by atoms with Gasteiger partial charge in [-0.2, -0.15) is 0 Å². The predicted molar refractivity (Wildman–Crippen MR) is 73.2 cm³/mol.